The molecule has 0 radical (unpaired) electrons. The highest BCUT2D eigenvalue weighted by Gasteiger charge is 2.42. The number of unbranched alkanes of at least 4 members (excludes halogenated alkanes) is 2. The lowest BCUT2D eigenvalue weighted by molar-refractivity contribution is 0.177. The van der Waals surface area contributed by atoms with E-state index in [4.69, 9.17) is 4.74 Å². The zero-order valence-electron chi connectivity index (χ0n) is 8.57. The van der Waals surface area contributed by atoms with Crippen molar-refractivity contribution in [3.05, 3.63) is 12.2 Å². The molecule has 0 bridgehead atoms. The fraction of sp³-hybridized carbons (Fsp3) is 0.818. The number of epoxide rings is 1. The van der Waals surface area contributed by atoms with E-state index in [1.165, 1.54) is 19.3 Å². The van der Waals surface area contributed by atoms with Gasteiger partial charge in [-0.05, 0) is 13.3 Å². The Balaban J connectivity index is 2.08. The molecule has 13 heavy (non-hydrogen) atoms. The third kappa shape index (κ3) is 3.49. The van der Waals surface area contributed by atoms with E-state index in [2.05, 4.69) is 6.92 Å². The summed E-state index contributed by atoms with van der Waals surface area (Å²) in [6.45, 7) is 4.11. The maximum atomic E-state index is 9.50. The molecule has 1 heterocycles. The molecule has 0 aromatic rings. The molecule has 76 valence electrons. The zero-order valence-corrected chi connectivity index (χ0v) is 8.57. The van der Waals surface area contributed by atoms with Crippen LogP contribution in [0.1, 0.15) is 39.5 Å². The van der Waals surface area contributed by atoms with Gasteiger partial charge in [0.2, 0.25) is 0 Å². The van der Waals surface area contributed by atoms with Crippen molar-refractivity contribution in [2.75, 3.05) is 0 Å². The molecule has 0 spiro atoms. The predicted molar refractivity (Wildman–Crippen MR) is 53.6 cm³/mol. The van der Waals surface area contributed by atoms with Crippen LogP contribution in [0.15, 0.2) is 12.2 Å². The molecule has 0 aromatic heterocycles. The lowest BCUT2D eigenvalue weighted by Gasteiger charge is -1.99. The molecule has 3 atom stereocenters. The fourth-order valence-corrected chi connectivity index (χ4v) is 1.59. The van der Waals surface area contributed by atoms with E-state index < -0.39 is 6.10 Å². The third-order valence-corrected chi connectivity index (χ3v) is 2.44. The molecule has 1 rings (SSSR count). The first-order valence-corrected chi connectivity index (χ1v) is 5.26. The summed E-state index contributed by atoms with van der Waals surface area (Å²) < 4.78 is 5.38. The third-order valence-electron chi connectivity index (χ3n) is 2.44. The molecule has 0 saturated carbocycles. The van der Waals surface area contributed by atoms with Crippen molar-refractivity contribution < 1.29 is 9.84 Å². The molecule has 2 heteroatoms. The molecule has 1 aliphatic rings. The summed E-state index contributed by atoms with van der Waals surface area (Å²) in [6.07, 6.45) is 8.51. The van der Waals surface area contributed by atoms with Crippen LogP contribution < -0.4 is 0 Å². The lowest BCUT2D eigenvalue weighted by Crippen LogP contribution is -2.13. The Hall–Kier alpha value is -0.340. The highest BCUT2D eigenvalue weighted by atomic mass is 16.6. The lowest BCUT2D eigenvalue weighted by atomic mass is 10.1. The van der Waals surface area contributed by atoms with Crippen LogP contribution in [0.2, 0.25) is 0 Å². The molecule has 0 amide bonds. The Labute approximate surface area is 80.6 Å². The van der Waals surface area contributed by atoms with Crippen LogP contribution in [0.4, 0.5) is 0 Å². The maximum absolute atomic E-state index is 9.50. The number of aliphatic hydroxyl groups is 1. The van der Waals surface area contributed by atoms with Gasteiger partial charge in [-0.2, -0.15) is 0 Å². The quantitative estimate of drug-likeness (QED) is 0.390. The minimum Gasteiger partial charge on any atom is -0.386 e. The number of ether oxygens (including phenoxy) is 1. The van der Waals surface area contributed by atoms with Crippen LogP contribution in [0, 0.1) is 0 Å². The molecule has 1 N–H and O–H groups in total. The Morgan fingerprint density at radius 1 is 1.46 bits per heavy atom. The smallest absolute Gasteiger partial charge is 0.114 e. The first-order valence-electron chi connectivity index (χ1n) is 5.26. The van der Waals surface area contributed by atoms with Gasteiger partial charge in [-0.3, -0.25) is 0 Å². The van der Waals surface area contributed by atoms with Crippen molar-refractivity contribution in [1.82, 2.24) is 0 Å². The van der Waals surface area contributed by atoms with Crippen LogP contribution in [0.3, 0.4) is 0 Å². The normalized spacial score (nSPS) is 29.5. The number of allylic oxidation sites excluding steroid dienone is 1. The van der Waals surface area contributed by atoms with Crippen molar-refractivity contribution >= 4 is 0 Å². The minimum atomic E-state index is -0.392. The van der Waals surface area contributed by atoms with Crippen molar-refractivity contribution in [2.24, 2.45) is 0 Å². The Morgan fingerprint density at radius 2 is 2.23 bits per heavy atom. The van der Waals surface area contributed by atoms with Gasteiger partial charge < -0.3 is 9.84 Å². The van der Waals surface area contributed by atoms with Gasteiger partial charge in [-0.1, -0.05) is 38.3 Å². The second-order valence-corrected chi connectivity index (χ2v) is 3.65. The van der Waals surface area contributed by atoms with E-state index in [0.717, 1.165) is 6.42 Å². The largest absolute Gasteiger partial charge is 0.386 e. The van der Waals surface area contributed by atoms with Crippen molar-refractivity contribution in [1.29, 1.82) is 0 Å². The van der Waals surface area contributed by atoms with E-state index in [9.17, 15) is 5.11 Å². The topological polar surface area (TPSA) is 32.8 Å². The first kappa shape index (κ1) is 10.7. The molecule has 2 nitrogen and oxygen atoms in total. The fourth-order valence-electron chi connectivity index (χ4n) is 1.59. The monoisotopic (exact) mass is 184 g/mol. The summed E-state index contributed by atoms with van der Waals surface area (Å²) in [6, 6.07) is 0. The van der Waals surface area contributed by atoms with Crippen LogP contribution in [-0.4, -0.2) is 23.4 Å². The van der Waals surface area contributed by atoms with E-state index in [1.807, 2.05) is 13.0 Å². The summed E-state index contributed by atoms with van der Waals surface area (Å²) in [5, 5.41) is 9.50. The van der Waals surface area contributed by atoms with Gasteiger partial charge in [0.25, 0.3) is 0 Å². The predicted octanol–water partition coefficient (Wildman–Crippen LogP) is 2.27. The van der Waals surface area contributed by atoms with E-state index in [0.29, 0.717) is 6.10 Å². The number of rotatable bonds is 6. The molecule has 0 unspecified atom stereocenters. The maximum Gasteiger partial charge on any atom is 0.114 e. The summed E-state index contributed by atoms with van der Waals surface area (Å²) >= 11 is 0. The first-order chi connectivity index (χ1) is 6.29. The van der Waals surface area contributed by atoms with Crippen LogP contribution >= 0.6 is 0 Å². The Bertz CT molecular complexity index is 165. The van der Waals surface area contributed by atoms with Gasteiger partial charge in [0, 0.05) is 0 Å². The summed E-state index contributed by atoms with van der Waals surface area (Å²) in [5.41, 5.74) is 0. The Kier molecular flexibility index (Phi) is 4.46. The number of hydrogen-bond acceptors (Lipinski definition) is 2. The molecule has 1 aliphatic heterocycles. The Morgan fingerprint density at radius 3 is 2.85 bits per heavy atom. The van der Waals surface area contributed by atoms with Crippen LogP contribution in [0.25, 0.3) is 0 Å². The average Bonchev–Trinajstić information content (AvgIpc) is 2.85. The van der Waals surface area contributed by atoms with Crippen molar-refractivity contribution in [3.8, 4) is 0 Å². The number of aliphatic hydroxyl groups excluding tert-OH is 1. The van der Waals surface area contributed by atoms with E-state index >= 15 is 0 Å². The standard InChI is InChI=1S/C11H20O2/c1-3-5-6-8-10-11(13-10)9(12)7-4-2/h4,7,9-12H,3,5-6,8H2,1-2H3/b7-4+/t9-,10+,11-/m1/s1. The molecular weight excluding hydrogens is 164 g/mol. The van der Waals surface area contributed by atoms with Gasteiger partial charge in [0.1, 0.15) is 12.2 Å². The number of hydrogen-bond donors (Lipinski definition) is 1. The minimum absolute atomic E-state index is 0.0769. The highest BCUT2D eigenvalue weighted by molar-refractivity contribution is 5.00. The van der Waals surface area contributed by atoms with Crippen LogP contribution in [-0.2, 0) is 4.74 Å². The highest BCUT2D eigenvalue weighted by Crippen LogP contribution is 2.30. The molecule has 1 fully saturated rings. The van der Waals surface area contributed by atoms with Gasteiger partial charge in [0.05, 0.1) is 6.10 Å². The molecular formula is C11H20O2. The molecule has 0 aromatic carbocycles. The van der Waals surface area contributed by atoms with Gasteiger partial charge in [-0.15, -0.1) is 0 Å². The second kappa shape index (κ2) is 5.40. The van der Waals surface area contributed by atoms with Gasteiger partial charge in [-0.25, -0.2) is 0 Å². The van der Waals surface area contributed by atoms with Gasteiger partial charge in [0.15, 0.2) is 0 Å². The van der Waals surface area contributed by atoms with Gasteiger partial charge >= 0.3 is 0 Å². The van der Waals surface area contributed by atoms with Crippen LogP contribution in [0.5, 0.6) is 0 Å². The van der Waals surface area contributed by atoms with Crippen molar-refractivity contribution in [3.63, 3.8) is 0 Å². The van der Waals surface area contributed by atoms with Crippen molar-refractivity contribution in [2.45, 2.75) is 57.8 Å². The summed E-state index contributed by atoms with van der Waals surface area (Å²) in [4.78, 5) is 0. The molecule has 0 aliphatic carbocycles. The summed E-state index contributed by atoms with van der Waals surface area (Å²) in [7, 11) is 0. The van der Waals surface area contributed by atoms with E-state index in [-0.39, 0.29) is 6.10 Å². The zero-order chi connectivity index (χ0) is 9.68. The molecule has 1 saturated heterocycles. The average molecular weight is 184 g/mol. The SMILES string of the molecule is C/C=C/[C@@H](O)[C@H]1O[C@H]1CCCCC. The second-order valence-electron chi connectivity index (χ2n) is 3.65. The van der Waals surface area contributed by atoms with E-state index in [1.54, 1.807) is 6.08 Å². The summed E-state index contributed by atoms with van der Waals surface area (Å²) in [5.74, 6) is 0.